The lowest BCUT2D eigenvalue weighted by molar-refractivity contribution is 0.0678. The van der Waals surface area contributed by atoms with Crippen molar-refractivity contribution in [3.8, 4) is 45.5 Å². The van der Waals surface area contributed by atoms with Gasteiger partial charge in [-0.3, -0.25) is 9.97 Å². The molecule has 2 aromatic heterocycles. The first-order valence-electron chi connectivity index (χ1n) is 13.5. The lowest BCUT2D eigenvalue weighted by Crippen LogP contribution is -2.30. The molecule has 0 bridgehead atoms. The van der Waals surface area contributed by atoms with Crippen LogP contribution in [0, 0.1) is 0 Å². The highest BCUT2D eigenvalue weighted by Crippen LogP contribution is 2.36. The van der Waals surface area contributed by atoms with Gasteiger partial charge in [0.05, 0.1) is 63.6 Å². The average molecular weight is 619 g/mol. The number of aromatic nitrogens is 2. The van der Waals surface area contributed by atoms with Gasteiger partial charge < -0.3 is 39.0 Å². The van der Waals surface area contributed by atoms with E-state index in [4.69, 9.17) is 18.9 Å². The molecule has 12 nitrogen and oxygen atoms in total. The number of anilines is 2. The molecule has 12 heteroatoms. The second-order valence-corrected chi connectivity index (χ2v) is 9.77. The van der Waals surface area contributed by atoms with Crippen molar-refractivity contribution < 1.29 is 38.7 Å². The molecular weight excluding hydrogens is 580 g/mol. The smallest absolute Gasteiger partial charge is 0.343 e. The number of ether oxygens (including phenoxy) is 4. The van der Waals surface area contributed by atoms with Gasteiger partial charge >= 0.3 is 11.9 Å². The van der Waals surface area contributed by atoms with Gasteiger partial charge in [-0.25, -0.2) is 9.59 Å². The number of hydrogen-bond donors (Lipinski definition) is 2. The Morgan fingerprint density at radius 2 is 0.933 bits per heavy atom. The zero-order chi connectivity index (χ0) is 32.0. The van der Waals surface area contributed by atoms with E-state index in [2.05, 4.69) is 19.8 Å². The number of methoxy groups -OCH3 is 4. The van der Waals surface area contributed by atoms with Gasteiger partial charge in [0.15, 0.2) is 0 Å². The molecule has 4 aromatic rings. The Kier molecular flexibility index (Phi) is 11.2. The number of benzene rings is 2. The molecular formula is C33H38N4O8. The number of rotatable bonds is 13. The third-order valence-electron chi connectivity index (χ3n) is 7.18. The van der Waals surface area contributed by atoms with Crippen LogP contribution < -0.4 is 28.7 Å². The number of aromatic carboxylic acids is 2. The van der Waals surface area contributed by atoms with E-state index >= 15 is 0 Å². The zero-order valence-electron chi connectivity index (χ0n) is 25.3. The molecule has 238 valence electrons. The van der Waals surface area contributed by atoms with Crippen molar-refractivity contribution in [1.29, 1.82) is 0 Å². The van der Waals surface area contributed by atoms with Crippen molar-refractivity contribution in [2.24, 2.45) is 0 Å². The molecule has 0 radical (unpaired) electrons. The minimum absolute atomic E-state index is 0. The maximum absolute atomic E-state index is 11.7. The Morgan fingerprint density at radius 1 is 0.622 bits per heavy atom. The van der Waals surface area contributed by atoms with Crippen LogP contribution in [0.15, 0.2) is 60.9 Å². The molecule has 0 amide bonds. The summed E-state index contributed by atoms with van der Waals surface area (Å²) < 4.78 is 21.2. The number of carboxylic acid groups (broad SMARTS) is 2. The first-order valence-corrected chi connectivity index (χ1v) is 13.5. The molecule has 2 aromatic carbocycles. The fourth-order valence-electron chi connectivity index (χ4n) is 4.66. The van der Waals surface area contributed by atoms with Gasteiger partial charge in [0.1, 0.15) is 34.1 Å². The van der Waals surface area contributed by atoms with Crippen molar-refractivity contribution in [3.63, 3.8) is 0 Å². The van der Waals surface area contributed by atoms with E-state index in [-0.39, 0.29) is 41.6 Å². The maximum Gasteiger partial charge on any atom is 0.343 e. The van der Waals surface area contributed by atoms with Crippen molar-refractivity contribution in [2.75, 3.05) is 65.4 Å². The van der Waals surface area contributed by atoms with Crippen LogP contribution in [-0.2, 0) is 0 Å². The summed E-state index contributed by atoms with van der Waals surface area (Å²) in [5.41, 5.74) is 4.36. The molecule has 2 N–H and O–H groups in total. The van der Waals surface area contributed by atoms with Crippen LogP contribution in [0.1, 0.15) is 28.1 Å². The van der Waals surface area contributed by atoms with E-state index in [1.807, 2.05) is 38.4 Å². The van der Waals surface area contributed by atoms with E-state index < -0.39 is 11.9 Å². The lowest BCUT2D eigenvalue weighted by Gasteiger charge is -2.25. The average Bonchev–Trinajstić information content (AvgIpc) is 3.05. The largest absolute Gasteiger partial charge is 0.496 e. The Balaban J connectivity index is 0.00000552. The van der Waals surface area contributed by atoms with Crippen LogP contribution >= 0.6 is 0 Å². The second-order valence-electron chi connectivity index (χ2n) is 9.77. The summed E-state index contributed by atoms with van der Waals surface area (Å²) in [4.78, 5) is 36.6. The Bertz CT molecular complexity index is 1470. The zero-order valence-corrected chi connectivity index (χ0v) is 25.3. The highest BCUT2D eigenvalue weighted by atomic mass is 16.5. The number of hydrogen-bond acceptors (Lipinski definition) is 10. The van der Waals surface area contributed by atoms with Crippen molar-refractivity contribution in [3.05, 3.63) is 72.1 Å². The van der Waals surface area contributed by atoms with E-state index in [9.17, 15) is 19.8 Å². The molecule has 45 heavy (non-hydrogen) atoms. The Labute approximate surface area is 262 Å². The number of pyridine rings is 2. The number of carboxylic acids is 2. The number of nitrogens with zero attached hydrogens (tertiary/aromatic N) is 4. The quantitative estimate of drug-likeness (QED) is 0.197. The molecule has 0 aliphatic carbocycles. The molecule has 0 aliphatic heterocycles. The first kappa shape index (κ1) is 34.0. The Hall–Kier alpha value is -5.52. The predicted octanol–water partition coefficient (Wildman–Crippen LogP) is 5.45. The van der Waals surface area contributed by atoms with Gasteiger partial charge in [0.25, 0.3) is 0 Å². The number of carbonyl (C=O) groups is 2. The van der Waals surface area contributed by atoms with Crippen LogP contribution in [0.2, 0.25) is 0 Å². The van der Waals surface area contributed by atoms with Crippen molar-refractivity contribution in [1.82, 2.24) is 9.97 Å². The van der Waals surface area contributed by atoms with E-state index in [1.165, 1.54) is 28.4 Å². The third-order valence-corrected chi connectivity index (χ3v) is 7.18. The van der Waals surface area contributed by atoms with Gasteiger partial charge in [-0.1, -0.05) is 7.43 Å². The lowest BCUT2D eigenvalue weighted by atomic mass is 10.1. The summed E-state index contributed by atoms with van der Waals surface area (Å²) in [6, 6.07) is 14.1. The molecule has 0 saturated carbocycles. The van der Waals surface area contributed by atoms with E-state index in [0.29, 0.717) is 35.6 Å². The Morgan fingerprint density at radius 3 is 1.16 bits per heavy atom. The van der Waals surface area contributed by atoms with Crippen LogP contribution in [0.25, 0.3) is 22.5 Å². The van der Waals surface area contributed by atoms with Crippen LogP contribution in [0.4, 0.5) is 11.4 Å². The summed E-state index contributed by atoms with van der Waals surface area (Å²) in [5, 5.41) is 19.1. The monoisotopic (exact) mass is 618 g/mol. The number of likely N-dealkylation sites (N-methyl/N-ethyl adjacent to an activating group) is 2. The maximum atomic E-state index is 11.7. The first-order chi connectivity index (χ1) is 21.1. The summed E-state index contributed by atoms with van der Waals surface area (Å²) in [5.74, 6) is -1.51. The highest BCUT2D eigenvalue weighted by Gasteiger charge is 2.21. The minimum atomic E-state index is -1.14. The summed E-state index contributed by atoms with van der Waals surface area (Å²) >= 11 is 0. The normalized spacial score (nSPS) is 10.4. The summed E-state index contributed by atoms with van der Waals surface area (Å²) in [6.45, 7) is 1.39. The van der Waals surface area contributed by atoms with Gasteiger partial charge in [0, 0.05) is 38.3 Å². The molecule has 4 rings (SSSR count). The minimum Gasteiger partial charge on any atom is -0.496 e. The topological polar surface area (TPSA) is 144 Å². The molecule has 2 heterocycles. The SMILES string of the molecule is C.COc1cc(-c2ccc(N(C)CCN(C)c3ccc(-c4cc(OC)c(C(=O)O)c(OC)c4)nc3)cn2)cc(OC)c1C(=O)O. The van der Waals surface area contributed by atoms with Crippen LogP contribution in [0.5, 0.6) is 23.0 Å². The molecule has 0 saturated heterocycles. The molecule has 0 spiro atoms. The molecule has 0 atom stereocenters. The second kappa shape index (κ2) is 14.8. The molecule has 0 fully saturated rings. The van der Waals surface area contributed by atoms with Crippen LogP contribution in [-0.4, -0.2) is 87.7 Å². The molecule has 0 aliphatic rings. The summed E-state index contributed by atoms with van der Waals surface area (Å²) in [7, 11) is 9.59. The third kappa shape index (κ3) is 7.35. The molecule has 0 unspecified atom stereocenters. The summed E-state index contributed by atoms with van der Waals surface area (Å²) in [6.07, 6.45) is 3.52. The van der Waals surface area contributed by atoms with Gasteiger partial charge in [0.2, 0.25) is 0 Å². The fraction of sp³-hybridized carbons (Fsp3) is 0.273. The van der Waals surface area contributed by atoms with E-state index in [0.717, 1.165) is 11.4 Å². The predicted molar refractivity (Wildman–Crippen MR) is 173 cm³/mol. The van der Waals surface area contributed by atoms with Crippen molar-refractivity contribution in [2.45, 2.75) is 7.43 Å². The standard InChI is InChI=1S/C32H34N4O8.CH4/c1-35(21-7-9-23(33-17-21)19-13-25(41-3)29(31(37)38)26(14-19)42-4)11-12-36(2)22-8-10-24(34-18-22)20-15-27(43-5)30(32(39)40)28(16-20)44-6;/h7-10,13-18H,11-12H2,1-6H3,(H,37,38)(H,39,40);1H4. The highest BCUT2D eigenvalue weighted by molar-refractivity contribution is 5.96. The van der Waals surface area contributed by atoms with Crippen molar-refractivity contribution >= 4 is 23.3 Å². The van der Waals surface area contributed by atoms with Gasteiger partial charge in [-0.2, -0.15) is 0 Å². The van der Waals surface area contributed by atoms with Gasteiger partial charge in [-0.05, 0) is 48.5 Å². The van der Waals surface area contributed by atoms with Gasteiger partial charge in [-0.15, -0.1) is 0 Å². The fourth-order valence-corrected chi connectivity index (χ4v) is 4.66. The van der Waals surface area contributed by atoms with E-state index in [1.54, 1.807) is 36.7 Å². The van der Waals surface area contributed by atoms with Crippen LogP contribution in [0.3, 0.4) is 0 Å².